The standard InChI is InChI=1S/C18H24N2O3/c1-2-6-15-14(7-12-22-15)17(21)20-10-5-9-18(16(20)13-19)8-3-4-11-23-18/h7,12,16H,2-6,8-11H2,1H3/t16-,18+/m1/s1. The molecule has 0 bridgehead atoms. The summed E-state index contributed by atoms with van der Waals surface area (Å²) < 4.78 is 11.5. The number of rotatable bonds is 3. The van der Waals surface area contributed by atoms with Crippen molar-refractivity contribution in [3.8, 4) is 6.07 Å². The maximum Gasteiger partial charge on any atom is 0.258 e. The number of ether oxygens (including phenoxy) is 1. The van der Waals surface area contributed by atoms with Crippen molar-refractivity contribution in [2.75, 3.05) is 13.2 Å². The minimum absolute atomic E-state index is 0.0954. The van der Waals surface area contributed by atoms with Gasteiger partial charge in [0.05, 0.1) is 17.9 Å². The van der Waals surface area contributed by atoms with Crippen LogP contribution < -0.4 is 0 Å². The molecule has 23 heavy (non-hydrogen) atoms. The number of furan rings is 1. The molecule has 0 aromatic carbocycles. The third kappa shape index (κ3) is 2.88. The van der Waals surface area contributed by atoms with Gasteiger partial charge in [0.25, 0.3) is 5.91 Å². The predicted octanol–water partition coefficient (Wildman–Crippen LogP) is 3.30. The Kier molecular flexibility index (Phi) is 4.72. The minimum Gasteiger partial charge on any atom is -0.469 e. The van der Waals surface area contributed by atoms with E-state index in [-0.39, 0.29) is 5.91 Å². The summed E-state index contributed by atoms with van der Waals surface area (Å²) in [5.41, 5.74) is 0.121. The lowest BCUT2D eigenvalue weighted by Crippen LogP contribution is -2.60. The molecule has 5 nitrogen and oxygen atoms in total. The van der Waals surface area contributed by atoms with E-state index in [2.05, 4.69) is 13.0 Å². The monoisotopic (exact) mass is 316 g/mol. The molecule has 1 aromatic heterocycles. The second-order valence-electron chi connectivity index (χ2n) is 6.51. The molecule has 0 N–H and O–H groups in total. The van der Waals surface area contributed by atoms with E-state index in [0.29, 0.717) is 18.7 Å². The molecule has 0 radical (unpaired) electrons. The molecule has 124 valence electrons. The molecule has 2 fully saturated rings. The van der Waals surface area contributed by atoms with Gasteiger partial charge in [-0.1, -0.05) is 6.92 Å². The topological polar surface area (TPSA) is 66.5 Å². The zero-order chi connectivity index (χ0) is 16.3. The number of carbonyl (C=O) groups is 1. The van der Waals surface area contributed by atoms with Crippen LogP contribution in [0.5, 0.6) is 0 Å². The number of carbonyl (C=O) groups excluding carboxylic acids is 1. The number of nitriles is 1. The van der Waals surface area contributed by atoms with Crippen LogP contribution in [-0.4, -0.2) is 35.6 Å². The van der Waals surface area contributed by atoms with Gasteiger partial charge in [0.2, 0.25) is 0 Å². The molecule has 0 unspecified atom stereocenters. The molecule has 3 rings (SSSR count). The van der Waals surface area contributed by atoms with E-state index >= 15 is 0 Å². The number of amides is 1. The molecule has 2 atom stereocenters. The number of hydrogen-bond acceptors (Lipinski definition) is 4. The van der Waals surface area contributed by atoms with Crippen LogP contribution in [0.25, 0.3) is 0 Å². The molecule has 3 heterocycles. The van der Waals surface area contributed by atoms with Crippen molar-refractivity contribution in [3.05, 3.63) is 23.7 Å². The molecular formula is C18H24N2O3. The van der Waals surface area contributed by atoms with Gasteiger partial charge < -0.3 is 14.1 Å². The van der Waals surface area contributed by atoms with Crippen LogP contribution in [0.4, 0.5) is 0 Å². The van der Waals surface area contributed by atoms with E-state index in [1.54, 1.807) is 17.2 Å². The van der Waals surface area contributed by atoms with Crippen molar-refractivity contribution in [2.45, 2.75) is 63.5 Å². The highest BCUT2D eigenvalue weighted by atomic mass is 16.5. The summed E-state index contributed by atoms with van der Waals surface area (Å²) in [6.45, 7) is 3.35. The fourth-order valence-corrected chi connectivity index (χ4v) is 3.90. The number of hydrogen-bond donors (Lipinski definition) is 0. The first-order valence-electron chi connectivity index (χ1n) is 8.63. The third-order valence-corrected chi connectivity index (χ3v) is 5.03. The number of piperidine rings is 1. The summed E-state index contributed by atoms with van der Waals surface area (Å²) in [6.07, 6.45) is 7.93. The van der Waals surface area contributed by atoms with Gasteiger partial charge in [-0.3, -0.25) is 4.79 Å². The number of likely N-dealkylation sites (tertiary alicyclic amines) is 1. The van der Waals surface area contributed by atoms with Crippen LogP contribution in [0.3, 0.4) is 0 Å². The SMILES string of the molecule is CCCc1occc1C(=O)N1CCC[C@@]2(CCCCO2)[C@H]1C#N. The van der Waals surface area contributed by atoms with Gasteiger partial charge in [-0.15, -0.1) is 0 Å². The Hall–Kier alpha value is -1.80. The highest BCUT2D eigenvalue weighted by molar-refractivity contribution is 5.95. The Bertz CT molecular complexity index is 590. The summed E-state index contributed by atoms with van der Waals surface area (Å²) in [5.74, 6) is 0.625. The van der Waals surface area contributed by atoms with Crippen LogP contribution in [0.2, 0.25) is 0 Å². The summed E-state index contributed by atoms with van der Waals surface area (Å²) in [7, 11) is 0. The fraction of sp³-hybridized carbons (Fsp3) is 0.667. The zero-order valence-corrected chi connectivity index (χ0v) is 13.7. The van der Waals surface area contributed by atoms with Gasteiger partial charge in [0.1, 0.15) is 17.4 Å². The maximum atomic E-state index is 13.0. The van der Waals surface area contributed by atoms with Crippen molar-refractivity contribution in [1.29, 1.82) is 5.26 Å². The van der Waals surface area contributed by atoms with Crippen LogP contribution in [0, 0.1) is 11.3 Å². The molecule has 2 aliphatic rings. The molecular weight excluding hydrogens is 292 g/mol. The first-order valence-corrected chi connectivity index (χ1v) is 8.63. The van der Waals surface area contributed by atoms with Crippen LogP contribution in [-0.2, 0) is 11.2 Å². The van der Waals surface area contributed by atoms with E-state index in [9.17, 15) is 10.1 Å². The van der Waals surface area contributed by atoms with Gasteiger partial charge >= 0.3 is 0 Å². The second kappa shape index (κ2) is 6.76. The van der Waals surface area contributed by atoms with E-state index in [1.165, 1.54) is 0 Å². The molecule has 1 amide bonds. The number of aryl methyl sites for hydroxylation is 1. The Morgan fingerprint density at radius 3 is 2.96 bits per heavy atom. The summed E-state index contributed by atoms with van der Waals surface area (Å²) in [5, 5.41) is 9.75. The lowest BCUT2D eigenvalue weighted by molar-refractivity contribution is -0.128. The van der Waals surface area contributed by atoms with Gasteiger partial charge in [0.15, 0.2) is 0 Å². The van der Waals surface area contributed by atoms with Gasteiger partial charge in [-0.05, 0) is 44.6 Å². The molecule has 5 heteroatoms. The largest absolute Gasteiger partial charge is 0.469 e. The quantitative estimate of drug-likeness (QED) is 0.858. The van der Waals surface area contributed by atoms with Gasteiger partial charge in [-0.25, -0.2) is 0 Å². The van der Waals surface area contributed by atoms with E-state index < -0.39 is 11.6 Å². The van der Waals surface area contributed by atoms with Crippen molar-refractivity contribution >= 4 is 5.91 Å². The minimum atomic E-state index is -0.506. The van der Waals surface area contributed by atoms with Gasteiger partial charge in [-0.2, -0.15) is 5.26 Å². The van der Waals surface area contributed by atoms with E-state index in [4.69, 9.17) is 9.15 Å². The average molecular weight is 316 g/mol. The lowest BCUT2D eigenvalue weighted by Gasteiger charge is -2.48. The smallest absolute Gasteiger partial charge is 0.258 e. The maximum absolute atomic E-state index is 13.0. The Labute approximate surface area is 137 Å². The summed E-state index contributed by atoms with van der Waals surface area (Å²) in [4.78, 5) is 14.7. The summed E-state index contributed by atoms with van der Waals surface area (Å²) >= 11 is 0. The Morgan fingerprint density at radius 2 is 2.26 bits per heavy atom. The number of nitrogens with zero attached hydrogens (tertiary/aromatic N) is 2. The normalized spacial score (nSPS) is 27.8. The average Bonchev–Trinajstić information content (AvgIpc) is 3.03. The first-order chi connectivity index (χ1) is 11.2. The zero-order valence-electron chi connectivity index (χ0n) is 13.7. The highest BCUT2D eigenvalue weighted by Crippen LogP contribution is 2.39. The van der Waals surface area contributed by atoms with Crippen LogP contribution in [0.15, 0.2) is 16.7 Å². The van der Waals surface area contributed by atoms with Crippen molar-refractivity contribution in [2.24, 2.45) is 0 Å². The van der Waals surface area contributed by atoms with Crippen LogP contribution >= 0.6 is 0 Å². The molecule has 1 aromatic rings. The molecule has 2 saturated heterocycles. The van der Waals surface area contributed by atoms with Crippen LogP contribution in [0.1, 0.15) is 61.6 Å². The van der Waals surface area contributed by atoms with Gasteiger partial charge in [0, 0.05) is 19.6 Å². The van der Waals surface area contributed by atoms with E-state index in [1.807, 2.05) is 0 Å². The van der Waals surface area contributed by atoms with Crippen molar-refractivity contribution in [3.63, 3.8) is 0 Å². The lowest BCUT2D eigenvalue weighted by atomic mass is 9.79. The van der Waals surface area contributed by atoms with Crippen molar-refractivity contribution in [1.82, 2.24) is 4.90 Å². The Balaban J connectivity index is 1.87. The summed E-state index contributed by atoms with van der Waals surface area (Å²) in [6, 6.07) is 3.58. The van der Waals surface area contributed by atoms with Crippen molar-refractivity contribution < 1.29 is 13.9 Å². The molecule has 0 aliphatic carbocycles. The fourth-order valence-electron chi connectivity index (χ4n) is 3.90. The third-order valence-electron chi connectivity index (χ3n) is 5.03. The highest BCUT2D eigenvalue weighted by Gasteiger charge is 2.48. The Morgan fingerprint density at radius 1 is 1.43 bits per heavy atom. The second-order valence-corrected chi connectivity index (χ2v) is 6.51. The molecule has 2 aliphatic heterocycles. The molecule has 1 spiro atoms. The van der Waals surface area contributed by atoms with E-state index in [0.717, 1.165) is 50.7 Å². The predicted molar refractivity (Wildman–Crippen MR) is 84.9 cm³/mol. The molecule has 0 saturated carbocycles. The first kappa shape index (κ1) is 16.1.